The molecule has 0 atom stereocenters. The lowest BCUT2D eigenvalue weighted by molar-refractivity contribution is 0.669. The maximum atomic E-state index is 6.12. The first-order chi connectivity index (χ1) is 24.8. The van der Waals surface area contributed by atoms with Gasteiger partial charge in [-0.1, -0.05) is 133 Å². The molecule has 8 aromatic carbocycles. The first kappa shape index (κ1) is 27.7. The quantitative estimate of drug-likeness (QED) is 0.181. The van der Waals surface area contributed by atoms with Gasteiger partial charge in [0.2, 0.25) is 0 Å². The summed E-state index contributed by atoms with van der Waals surface area (Å²) in [5, 5.41) is 4.90. The molecular weight excluding hydrogens is 625 g/mol. The fourth-order valence-electron chi connectivity index (χ4n) is 8.14. The number of rotatable bonds is 2. The number of furan rings is 1. The molecule has 11 rings (SSSR count). The van der Waals surface area contributed by atoms with Crippen molar-refractivity contribution in [1.29, 1.82) is 0 Å². The third kappa shape index (κ3) is 4.06. The number of fused-ring (bicyclic) bond motifs is 14. The first-order valence-corrected chi connectivity index (χ1v) is 17.9. The van der Waals surface area contributed by atoms with E-state index in [-0.39, 0.29) is 0 Å². The minimum atomic E-state index is 0.924. The van der Waals surface area contributed by atoms with Crippen molar-refractivity contribution in [3.63, 3.8) is 0 Å². The van der Waals surface area contributed by atoms with Crippen molar-refractivity contribution >= 4 is 53.4 Å². The summed E-state index contributed by atoms with van der Waals surface area (Å²) in [5.74, 6) is 0. The highest BCUT2D eigenvalue weighted by Gasteiger charge is 2.22. The number of hydrogen-bond donors (Lipinski definition) is 0. The van der Waals surface area contributed by atoms with Gasteiger partial charge in [0, 0.05) is 30.9 Å². The standard InChI is InChI=1S/C48H28OS/c1-2-11-34-33(10-1)35-12-3-4-14-37(35)39-23-20-31(28-42(39)38-15-6-5-13-36(34)38)32-17-9-18-41-44-27-30(22-25-47(44)50-48(32)41)29-21-24-46-43(26-29)40-16-7-8-19-45(40)49-46/h1-28H. The molecule has 0 bridgehead atoms. The Morgan fingerprint density at radius 2 is 0.800 bits per heavy atom. The summed E-state index contributed by atoms with van der Waals surface area (Å²) < 4.78 is 8.74. The molecule has 232 valence electrons. The molecule has 0 amide bonds. The Hall–Kier alpha value is -6.22. The second-order valence-electron chi connectivity index (χ2n) is 13.2. The van der Waals surface area contributed by atoms with Crippen molar-refractivity contribution in [3.8, 4) is 66.8 Å². The van der Waals surface area contributed by atoms with E-state index in [1.54, 1.807) is 0 Å². The van der Waals surface area contributed by atoms with E-state index in [1.807, 2.05) is 23.5 Å². The predicted molar refractivity (Wildman–Crippen MR) is 213 cm³/mol. The lowest BCUT2D eigenvalue weighted by Crippen LogP contribution is -1.97. The van der Waals surface area contributed by atoms with Gasteiger partial charge in [0.1, 0.15) is 11.2 Å². The van der Waals surface area contributed by atoms with E-state index in [1.165, 1.54) is 86.9 Å². The first-order valence-electron chi connectivity index (χ1n) is 17.1. The van der Waals surface area contributed by atoms with Gasteiger partial charge < -0.3 is 4.42 Å². The van der Waals surface area contributed by atoms with Crippen LogP contribution in [-0.4, -0.2) is 0 Å². The summed E-state index contributed by atoms with van der Waals surface area (Å²) in [7, 11) is 0. The molecule has 50 heavy (non-hydrogen) atoms. The fraction of sp³-hybridized carbons (Fsp3) is 0. The minimum absolute atomic E-state index is 0.924. The van der Waals surface area contributed by atoms with Crippen molar-refractivity contribution < 1.29 is 4.42 Å². The van der Waals surface area contributed by atoms with E-state index in [0.29, 0.717) is 0 Å². The molecule has 2 aromatic heterocycles. The summed E-state index contributed by atoms with van der Waals surface area (Å²) in [4.78, 5) is 0. The Kier molecular flexibility index (Phi) is 5.89. The van der Waals surface area contributed by atoms with Crippen molar-refractivity contribution in [3.05, 3.63) is 170 Å². The highest BCUT2D eigenvalue weighted by Crippen LogP contribution is 2.49. The summed E-state index contributed by atoms with van der Waals surface area (Å²) in [6, 6.07) is 62.2. The fourth-order valence-corrected chi connectivity index (χ4v) is 9.36. The summed E-state index contributed by atoms with van der Waals surface area (Å²) in [6.07, 6.45) is 0. The van der Waals surface area contributed by atoms with Gasteiger partial charge in [-0.2, -0.15) is 0 Å². The lowest BCUT2D eigenvalue weighted by atomic mass is 9.80. The van der Waals surface area contributed by atoms with Crippen LogP contribution in [0, 0.1) is 0 Å². The van der Waals surface area contributed by atoms with Crippen LogP contribution in [0.15, 0.2) is 174 Å². The minimum Gasteiger partial charge on any atom is -0.456 e. The maximum absolute atomic E-state index is 6.12. The van der Waals surface area contributed by atoms with Gasteiger partial charge in [-0.05, 0) is 103 Å². The van der Waals surface area contributed by atoms with E-state index < -0.39 is 0 Å². The molecule has 2 heterocycles. The van der Waals surface area contributed by atoms with Crippen molar-refractivity contribution in [2.75, 3.05) is 0 Å². The third-order valence-corrected chi connectivity index (χ3v) is 11.7. The average molecular weight is 653 g/mol. The van der Waals surface area contributed by atoms with Crippen LogP contribution in [0.3, 0.4) is 0 Å². The predicted octanol–water partition coefficient (Wildman–Crippen LogP) is 14.3. The SMILES string of the molecule is c1ccc2c(c1)-c1ccccc1-c1ccc(-c3cccc4c3sc3ccc(-c5ccc6oc7ccccc7c6c5)cc34)cc1-c1ccccc1-2. The second-order valence-corrected chi connectivity index (χ2v) is 14.3. The highest BCUT2D eigenvalue weighted by atomic mass is 32.1. The molecule has 0 saturated carbocycles. The third-order valence-electron chi connectivity index (χ3n) is 10.5. The van der Waals surface area contributed by atoms with E-state index in [4.69, 9.17) is 4.42 Å². The van der Waals surface area contributed by atoms with Crippen molar-refractivity contribution in [2.24, 2.45) is 0 Å². The van der Waals surface area contributed by atoms with E-state index >= 15 is 0 Å². The van der Waals surface area contributed by atoms with E-state index in [2.05, 4.69) is 158 Å². The number of hydrogen-bond acceptors (Lipinski definition) is 2. The molecule has 2 heteroatoms. The largest absolute Gasteiger partial charge is 0.456 e. The van der Waals surface area contributed by atoms with Crippen LogP contribution < -0.4 is 0 Å². The van der Waals surface area contributed by atoms with Gasteiger partial charge in [-0.25, -0.2) is 0 Å². The van der Waals surface area contributed by atoms with Gasteiger partial charge in [0.05, 0.1) is 0 Å². The number of para-hydroxylation sites is 1. The smallest absolute Gasteiger partial charge is 0.135 e. The van der Waals surface area contributed by atoms with Crippen LogP contribution in [-0.2, 0) is 0 Å². The molecule has 0 unspecified atom stereocenters. The van der Waals surface area contributed by atoms with Crippen LogP contribution in [0.5, 0.6) is 0 Å². The Balaban J connectivity index is 1.09. The molecule has 0 aliphatic heterocycles. The van der Waals surface area contributed by atoms with Gasteiger partial charge in [0.15, 0.2) is 0 Å². The van der Waals surface area contributed by atoms with Gasteiger partial charge in [-0.3, -0.25) is 0 Å². The summed E-state index contributed by atoms with van der Waals surface area (Å²) in [6.45, 7) is 0. The molecule has 1 nitrogen and oxygen atoms in total. The van der Waals surface area contributed by atoms with Crippen LogP contribution >= 0.6 is 11.3 Å². The van der Waals surface area contributed by atoms with Gasteiger partial charge in [0.25, 0.3) is 0 Å². The zero-order valence-electron chi connectivity index (χ0n) is 27.0. The summed E-state index contributed by atoms with van der Waals surface area (Å²) in [5.41, 5.74) is 16.9. The topological polar surface area (TPSA) is 13.1 Å². The molecule has 0 radical (unpaired) electrons. The molecular formula is C48H28OS. The summed E-state index contributed by atoms with van der Waals surface area (Å²) >= 11 is 1.89. The lowest BCUT2D eigenvalue weighted by Gasteiger charge is -2.23. The zero-order valence-corrected chi connectivity index (χ0v) is 27.8. The van der Waals surface area contributed by atoms with E-state index in [0.717, 1.165) is 21.9 Å². The highest BCUT2D eigenvalue weighted by molar-refractivity contribution is 7.26. The van der Waals surface area contributed by atoms with Crippen molar-refractivity contribution in [2.45, 2.75) is 0 Å². The van der Waals surface area contributed by atoms with Crippen LogP contribution in [0.2, 0.25) is 0 Å². The second kappa shape index (κ2) is 10.6. The number of benzene rings is 8. The Morgan fingerprint density at radius 3 is 1.50 bits per heavy atom. The van der Waals surface area contributed by atoms with Gasteiger partial charge >= 0.3 is 0 Å². The molecule has 10 aromatic rings. The molecule has 0 saturated heterocycles. The average Bonchev–Trinajstić information content (AvgIpc) is 3.75. The maximum Gasteiger partial charge on any atom is 0.135 e. The Labute approximate surface area is 293 Å². The monoisotopic (exact) mass is 652 g/mol. The number of thiophene rings is 1. The Morgan fingerprint density at radius 1 is 0.300 bits per heavy atom. The molecule has 1 aliphatic carbocycles. The molecule has 0 fully saturated rings. The Bertz CT molecular complexity index is 2990. The van der Waals surface area contributed by atoms with Crippen molar-refractivity contribution in [1.82, 2.24) is 0 Å². The van der Waals surface area contributed by atoms with Gasteiger partial charge in [-0.15, -0.1) is 11.3 Å². The molecule has 1 aliphatic rings. The molecule has 0 N–H and O–H groups in total. The van der Waals surface area contributed by atoms with Crippen LogP contribution in [0.1, 0.15) is 0 Å². The molecule has 0 spiro atoms. The van der Waals surface area contributed by atoms with E-state index in [9.17, 15) is 0 Å². The van der Waals surface area contributed by atoms with Crippen LogP contribution in [0.25, 0.3) is 109 Å². The van der Waals surface area contributed by atoms with Crippen LogP contribution in [0.4, 0.5) is 0 Å². The zero-order chi connectivity index (χ0) is 32.8. The normalized spacial score (nSPS) is 12.0.